The summed E-state index contributed by atoms with van der Waals surface area (Å²) in [5.74, 6) is -0.831. The zero-order chi connectivity index (χ0) is 14.7. The van der Waals surface area contributed by atoms with Crippen molar-refractivity contribution < 1.29 is 13.9 Å². The largest absolute Gasteiger partial charge is 0.496 e. The van der Waals surface area contributed by atoms with E-state index >= 15 is 0 Å². The van der Waals surface area contributed by atoms with Gasteiger partial charge in [-0.2, -0.15) is 0 Å². The van der Waals surface area contributed by atoms with Crippen LogP contribution in [0.2, 0.25) is 5.02 Å². The van der Waals surface area contributed by atoms with Crippen molar-refractivity contribution in [1.82, 2.24) is 0 Å². The second kappa shape index (κ2) is 5.79. The molecule has 104 valence electrons. The Balaban J connectivity index is 2.35. The van der Waals surface area contributed by atoms with Gasteiger partial charge in [0.25, 0.3) is 5.91 Å². The summed E-state index contributed by atoms with van der Waals surface area (Å²) in [6.07, 6.45) is 0. The average molecular weight is 295 g/mol. The summed E-state index contributed by atoms with van der Waals surface area (Å²) >= 11 is 5.85. The molecule has 0 unspecified atom stereocenters. The molecule has 0 atom stereocenters. The van der Waals surface area contributed by atoms with Crippen LogP contribution in [0.3, 0.4) is 0 Å². The van der Waals surface area contributed by atoms with E-state index in [0.717, 1.165) is 0 Å². The minimum Gasteiger partial charge on any atom is -0.496 e. The lowest BCUT2D eigenvalue weighted by molar-refractivity contribution is 0.102. The van der Waals surface area contributed by atoms with Crippen molar-refractivity contribution in [2.75, 3.05) is 18.2 Å². The first-order valence-corrected chi connectivity index (χ1v) is 6.09. The van der Waals surface area contributed by atoms with E-state index in [9.17, 15) is 9.18 Å². The molecule has 4 nitrogen and oxygen atoms in total. The Morgan fingerprint density at radius 2 is 2.10 bits per heavy atom. The number of carbonyl (C=O) groups is 1. The number of nitrogens with two attached hydrogens (primary N) is 1. The molecule has 0 fully saturated rings. The van der Waals surface area contributed by atoms with E-state index in [4.69, 9.17) is 22.1 Å². The topological polar surface area (TPSA) is 64.3 Å². The summed E-state index contributed by atoms with van der Waals surface area (Å²) < 4.78 is 18.7. The van der Waals surface area contributed by atoms with Crippen molar-refractivity contribution >= 4 is 28.9 Å². The van der Waals surface area contributed by atoms with Crippen molar-refractivity contribution in [3.05, 3.63) is 52.8 Å². The maximum atomic E-state index is 13.6. The second-order valence-corrected chi connectivity index (χ2v) is 4.44. The van der Waals surface area contributed by atoms with E-state index in [1.165, 1.54) is 31.4 Å². The number of nitrogen functional groups attached to an aromatic ring is 1. The maximum Gasteiger partial charge on any atom is 0.259 e. The molecule has 1 amide bonds. The van der Waals surface area contributed by atoms with Crippen molar-refractivity contribution in [2.24, 2.45) is 0 Å². The van der Waals surface area contributed by atoms with Gasteiger partial charge in [-0.1, -0.05) is 17.7 Å². The molecule has 2 aromatic rings. The van der Waals surface area contributed by atoms with Crippen molar-refractivity contribution in [2.45, 2.75) is 0 Å². The summed E-state index contributed by atoms with van der Waals surface area (Å²) in [6.45, 7) is 0. The van der Waals surface area contributed by atoms with Gasteiger partial charge in [0.2, 0.25) is 0 Å². The summed E-state index contributed by atoms with van der Waals surface area (Å²) in [4.78, 5) is 12.2. The molecular weight excluding hydrogens is 283 g/mol. The standard InChI is InChI=1S/C14H12ClFN2O2/c1-20-12-6-5-8(15)7-9(12)14(19)18-13-10(16)3-2-4-11(13)17/h2-7H,17H2,1H3,(H,18,19). The van der Waals surface area contributed by atoms with Crippen LogP contribution in [-0.2, 0) is 0 Å². The molecule has 0 aliphatic carbocycles. The molecule has 0 aromatic heterocycles. The Kier molecular flexibility index (Phi) is 4.10. The molecular formula is C14H12ClFN2O2. The molecule has 0 heterocycles. The third-order valence-corrected chi connectivity index (χ3v) is 2.93. The first-order valence-electron chi connectivity index (χ1n) is 5.72. The summed E-state index contributed by atoms with van der Waals surface area (Å²) in [7, 11) is 1.43. The van der Waals surface area contributed by atoms with Crippen LogP contribution in [-0.4, -0.2) is 13.0 Å². The zero-order valence-electron chi connectivity index (χ0n) is 10.6. The Labute approximate surface area is 120 Å². The number of methoxy groups -OCH3 is 1. The summed E-state index contributed by atoms with van der Waals surface area (Å²) in [5, 5.41) is 2.79. The highest BCUT2D eigenvalue weighted by molar-refractivity contribution is 6.31. The number of hydrogen-bond acceptors (Lipinski definition) is 3. The van der Waals surface area contributed by atoms with Crippen LogP contribution in [0.15, 0.2) is 36.4 Å². The number of para-hydroxylation sites is 1. The summed E-state index contributed by atoms with van der Waals surface area (Å²) in [6, 6.07) is 8.75. The highest BCUT2D eigenvalue weighted by Gasteiger charge is 2.16. The van der Waals surface area contributed by atoms with E-state index in [-0.39, 0.29) is 16.9 Å². The van der Waals surface area contributed by atoms with E-state index < -0.39 is 11.7 Å². The fraction of sp³-hybridized carbons (Fsp3) is 0.0714. The van der Waals surface area contributed by atoms with E-state index in [0.29, 0.717) is 10.8 Å². The molecule has 0 saturated carbocycles. The van der Waals surface area contributed by atoms with Crippen LogP contribution in [0.1, 0.15) is 10.4 Å². The minimum absolute atomic E-state index is 0.0699. The Hall–Kier alpha value is -2.27. The lowest BCUT2D eigenvalue weighted by Gasteiger charge is -2.11. The quantitative estimate of drug-likeness (QED) is 0.854. The van der Waals surface area contributed by atoms with Gasteiger partial charge >= 0.3 is 0 Å². The molecule has 0 aliphatic rings. The first kappa shape index (κ1) is 14.1. The first-order chi connectivity index (χ1) is 9.52. The fourth-order valence-corrected chi connectivity index (χ4v) is 1.88. The second-order valence-electron chi connectivity index (χ2n) is 4.00. The number of anilines is 2. The molecule has 0 spiro atoms. The van der Waals surface area contributed by atoms with Crippen molar-refractivity contribution in [3.8, 4) is 5.75 Å². The molecule has 20 heavy (non-hydrogen) atoms. The van der Waals surface area contributed by atoms with E-state index in [1.54, 1.807) is 12.1 Å². The minimum atomic E-state index is -0.612. The van der Waals surface area contributed by atoms with Gasteiger partial charge in [0, 0.05) is 5.02 Å². The van der Waals surface area contributed by atoms with Crippen LogP contribution in [0, 0.1) is 5.82 Å². The van der Waals surface area contributed by atoms with Crippen LogP contribution in [0.4, 0.5) is 15.8 Å². The Bertz CT molecular complexity index is 641. The van der Waals surface area contributed by atoms with Gasteiger partial charge < -0.3 is 15.8 Å². The molecule has 0 aliphatic heterocycles. The Morgan fingerprint density at radius 3 is 2.75 bits per heavy atom. The number of hydrogen-bond donors (Lipinski definition) is 2. The van der Waals surface area contributed by atoms with Crippen molar-refractivity contribution in [1.29, 1.82) is 0 Å². The van der Waals surface area contributed by atoms with Gasteiger partial charge in [-0.25, -0.2) is 4.39 Å². The highest BCUT2D eigenvalue weighted by Crippen LogP contribution is 2.26. The average Bonchev–Trinajstić information content (AvgIpc) is 2.43. The molecule has 6 heteroatoms. The zero-order valence-corrected chi connectivity index (χ0v) is 11.4. The predicted molar refractivity (Wildman–Crippen MR) is 76.8 cm³/mol. The van der Waals surface area contributed by atoms with E-state index in [1.807, 2.05) is 0 Å². The lowest BCUT2D eigenvalue weighted by atomic mass is 10.1. The number of halogens is 2. The number of ether oxygens (including phenoxy) is 1. The lowest BCUT2D eigenvalue weighted by Crippen LogP contribution is -2.15. The van der Waals surface area contributed by atoms with Gasteiger partial charge in [-0.05, 0) is 30.3 Å². The molecule has 0 saturated heterocycles. The van der Waals surface area contributed by atoms with Gasteiger partial charge in [0.05, 0.1) is 18.4 Å². The van der Waals surface area contributed by atoms with Crippen LogP contribution >= 0.6 is 11.6 Å². The normalized spacial score (nSPS) is 10.2. The van der Waals surface area contributed by atoms with Crippen LogP contribution < -0.4 is 15.8 Å². The number of nitrogens with one attached hydrogen (secondary N) is 1. The number of carbonyl (C=O) groups excluding carboxylic acids is 1. The number of amides is 1. The number of rotatable bonds is 3. The van der Waals surface area contributed by atoms with Gasteiger partial charge in [0.15, 0.2) is 0 Å². The Morgan fingerprint density at radius 1 is 1.35 bits per heavy atom. The van der Waals surface area contributed by atoms with E-state index in [2.05, 4.69) is 5.32 Å². The highest BCUT2D eigenvalue weighted by atomic mass is 35.5. The molecule has 2 aromatic carbocycles. The van der Waals surface area contributed by atoms with Gasteiger partial charge in [-0.15, -0.1) is 0 Å². The third kappa shape index (κ3) is 2.83. The van der Waals surface area contributed by atoms with Gasteiger partial charge in [0.1, 0.15) is 17.3 Å². The summed E-state index contributed by atoms with van der Waals surface area (Å²) in [5.41, 5.74) is 5.90. The molecule has 0 radical (unpaired) electrons. The van der Waals surface area contributed by atoms with Crippen LogP contribution in [0.5, 0.6) is 5.75 Å². The monoisotopic (exact) mass is 294 g/mol. The molecule has 0 bridgehead atoms. The number of benzene rings is 2. The molecule has 3 N–H and O–H groups in total. The predicted octanol–water partition coefficient (Wildman–Crippen LogP) is 3.32. The fourth-order valence-electron chi connectivity index (χ4n) is 1.71. The molecule has 2 rings (SSSR count). The van der Waals surface area contributed by atoms with Crippen molar-refractivity contribution in [3.63, 3.8) is 0 Å². The third-order valence-electron chi connectivity index (χ3n) is 2.69. The van der Waals surface area contributed by atoms with Crippen LogP contribution in [0.25, 0.3) is 0 Å². The smallest absolute Gasteiger partial charge is 0.259 e. The van der Waals surface area contributed by atoms with Gasteiger partial charge in [-0.3, -0.25) is 4.79 Å². The maximum absolute atomic E-state index is 13.6. The SMILES string of the molecule is COc1ccc(Cl)cc1C(=O)Nc1c(N)cccc1F.